The number of piperidine rings is 1. The van der Waals surface area contributed by atoms with Gasteiger partial charge in [-0.05, 0) is 31.6 Å². The second kappa shape index (κ2) is 5.26. The molecule has 3 heteroatoms. The first-order chi connectivity index (χ1) is 7.29. The molecule has 0 aromatic carbocycles. The predicted octanol–water partition coefficient (Wildman–Crippen LogP) is 2.02. The van der Waals surface area contributed by atoms with Crippen molar-refractivity contribution < 1.29 is 9.50 Å². The first-order valence-electron chi connectivity index (χ1n) is 6.29. The summed E-state index contributed by atoms with van der Waals surface area (Å²) in [6.07, 6.45) is 7.57. The number of aliphatic hydroxyl groups excluding tert-OH is 1. The molecule has 2 N–H and O–H groups in total. The molecule has 1 aliphatic carbocycles. The SMILES string of the molecule is O[C@@H]1C[C@H](CF)N[C@H](C2CCCCC2)C1. The van der Waals surface area contributed by atoms with Crippen molar-refractivity contribution in [1.82, 2.24) is 5.32 Å². The summed E-state index contributed by atoms with van der Waals surface area (Å²) >= 11 is 0. The van der Waals surface area contributed by atoms with Gasteiger partial charge in [0.1, 0.15) is 6.67 Å². The number of halogens is 1. The van der Waals surface area contributed by atoms with Crippen LogP contribution in [0.15, 0.2) is 0 Å². The minimum absolute atomic E-state index is 0.110. The lowest BCUT2D eigenvalue weighted by molar-refractivity contribution is 0.0631. The van der Waals surface area contributed by atoms with Crippen LogP contribution in [0.5, 0.6) is 0 Å². The van der Waals surface area contributed by atoms with Gasteiger partial charge in [-0.2, -0.15) is 0 Å². The zero-order valence-corrected chi connectivity index (χ0v) is 9.29. The summed E-state index contributed by atoms with van der Waals surface area (Å²) in [7, 11) is 0. The van der Waals surface area contributed by atoms with E-state index in [1.165, 1.54) is 32.1 Å². The largest absolute Gasteiger partial charge is 0.393 e. The summed E-state index contributed by atoms with van der Waals surface area (Å²) in [5.41, 5.74) is 0. The maximum absolute atomic E-state index is 12.6. The third-order valence-corrected chi connectivity index (χ3v) is 3.94. The molecule has 15 heavy (non-hydrogen) atoms. The van der Waals surface area contributed by atoms with E-state index in [-0.39, 0.29) is 18.8 Å². The molecule has 1 aliphatic heterocycles. The first kappa shape index (κ1) is 11.3. The van der Waals surface area contributed by atoms with E-state index in [0.29, 0.717) is 18.4 Å². The van der Waals surface area contributed by atoms with Crippen LogP contribution in [0.4, 0.5) is 4.39 Å². The van der Waals surface area contributed by atoms with Gasteiger partial charge in [-0.3, -0.25) is 0 Å². The molecule has 0 amide bonds. The molecule has 88 valence electrons. The zero-order chi connectivity index (χ0) is 10.7. The number of nitrogens with one attached hydrogen (secondary N) is 1. The fraction of sp³-hybridized carbons (Fsp3) is 1.00. The highest BCUT2D eigenvalue weighted by molar-refractivity contribution is 4.89. The lowest BCUT2D eigenvalue weighted by atomic mass is 9.79. The molecular weight excluding hydrogens is 193 g/mol. The van der Waals surface area contributed by atoms with Crippen molar-refractivity contribution in [2.24, 2.45) is 5.92 Å². The minimum Gasteiger partial charge on any atom is -0.393 e. The summed E-state index contributed by atoms with van der Waals surface area (Å²) < 4.78 is 12.6. The smallest absolute Gasteiger partial charge is 0.105 e. The maximum Gasteiger partial charge on any atom is 0.105 e. The summed E-state index contributed by atoms with van der Waals surface area (Å²) in [4.78, 5) is 0. The van der Waals surface area contributed by atoms with E-state index in [9.17, 15) is 9.50 Å². The van der Waals surface area contributed by atoms with Crippen LogP contribution < -0.4 is 5.32 Å². The van der Waals surface area contributed by atoms with E-state index in [1.54, 1.807) is 0 Å². The zero-order valence-electron chi connectivity index (χ0n) is 9.29. The van der Waals surface area contributed by atoms with Crippen LogP contribution in [0.25, 0.3) is 0 Å². The molecule has 1 saturated carbocycles. The molecule has 0 unspecified atom stereocenters. The van der Waals surface area contributed by atoms with Crippen molar-refractivity contribution in [3.05, 3.63) is 0 Å². The molecule has 0 radical (unpaired) electrons. The van der Waals surface area contributed by atoms with Gasteiger partial charge in [0.25, 0.3) is 0 Å². The average Bonchev–Trinajstić information content (AvgIpc) is 2.29. The summed E-state index contributed by atoms with van der Waals surface area (Å²) in [6, 6.07) is 0.246. The van der Waals surface area contributed by atoms with Crippen LogP contribution in [0.3, 0.4) is 0 Å². The molecule has 2 aliphatic rings. The van der Waals surface area contributed by atoms with Gasteiger partial charge in [-0.15, -0.1) is 0 Å². The summed E-state index contributed by atoms with van der Waals surface area (Å²) in [5, 5.41) is 13.1. The van der Waals surface area contributed by atoms with E-state index in [1.807, 2.05) is 0 Å². The Balaban J connectivity index is 1.89. The Hall–Kier alpha value is -0.150. The van der Waals surface area contributed by atoms with Crippen molar-refractivity contribution in [2.45, 2.75) is 63.1 Å². The highest BCUT2D eigenvalue weighted by Crippen LogP contribution is 2.30. The number of aliphatic hydroxyl groups is 1. The van der Waals surface area contributed by atoms with Gasteiger partial charge in [0, 0.05) is 12.1 Å². The second-order valence-electron chi connectivity index (χ2n) is 5.15. The van der Waals surface area contributed by atoms with Crippen LogP contribution in [0.2, 0.25) is 0 Å². The molecular formula is C12H22FNO. The van der Waals surface area contributed by atoms with E-state index in [0.717, 1.165) is 6.42 Å². The van der Waals surface area contributed by atoms with Gasteiger partial charge in [0.15, 0.2) is 0 Å². The highest BCUT2D eigenvalue weighted by Gasteiger charge is 2.32. The molecule has 2 rings (SSSR count). The monoisotopic (exact) mass is 215 g/mol. The molecule has 0 aromatic rings. The van der Waals surface area contributed by atoms with Crippen molar-refractivity contribution in [3.8, 4) is 0 Å². The quantitative estimate of drug-likeness (QED) is 0.738. The Bertz CT molecular complexity index is 194. The molecule has 1 saturated heterocycles. The van der Waals surface area contributed by atoms with Gasteiger partial charge in [-0.25, -0.2) is 4.39 Å². The third-order valence-electron chi connectivity index (χ3n) is 3.94. The van der Waals surface area contributed by atoms with Gasteiger partial charge in [0.2, 0.25) is 0 Å². The van der Waals surface area contributed by atoms with Gasteiger partial charge in [0.05, 0.1) is 6.10 Å². The van der Waals surface area contributed by atoms with Crippen LogP contribution in [0, 0.1) is 5.92 Å². The Kier molecular flexibility index (Phi) is 3.98. The number of alkyl halides is 1. The van der Waals surface area contributed by atoms with Crippen LogP contribution in [-0.4, -0.2) is 30.0 Å². The highest BCUT2D eigenvalue weighted by atomic mass is 19.1. The Morgan fingerprint density at radius 2 is 1.87 bits per heavy atom. The molecule has 2 nitrogen and oxygen atoms in total. The van der Waals surface area contributed by atoms with E-state index < -0.39 is 0 Å². The summed E-state index contributed by atoms with van der Waals surface area (Å²) in [6.45, 7) is -0.347. The third kappa shape index (κ3) is 2.91. The molecule has 3 atom stereocenters. The lowest BCUT2D eigenvalue weighted by Gasteiger charge is -2.39. The number of hydrogen-bond acceptors (Lipinski definition) is 2. The normalized spacial score (nSPS) is 39.2. The average molecular weight is 215 g/mol. The topological polar surface area (TPSA) is 32.3 Å². The number of hydrogen-bond donors (Lipinski definition) is 2. The number of rotatable bonds is 2. The van der Waals surface area contributed by atoms with Crippen LogP contribution in [0.1, 0.15) is 44.9 Å². The Labute approximate surface area is 91.3 Å². The van der Waals surface area contributed by atoms with Gasteiger partial charge in [-0.1, -0.05) is 19.3 Å². The van der Waals surface area contributed by atoms with E-state index in [2.05, 4.69) is 5.32 Å². The molecule has 0 bridgehead atoms. The van der Waals surface area contributed by atoms with Crippen molar-refractivity contribution in [2.75, 3.05) is 6.67 Å². The maximum atomic E-state index is 12.6. The standard InChI is InChI=1S/C12H22FNO/c13-8-10-6-11(15)7-12(14-10)9-4-2-1-3-5-9/h9-12,14-15H,1-8H2/t10-,11-,12+/m1/s1. The van der Waals surface area contributed by atoms with E-state index >= 15 is 0 Å². The van der Waals surface area contributed by atoms with Crippen molar-refractivity contribution in [3.63, 3.8) is 0 Å². The molecule has 0 aromatic heterocycles. The Morgan fingerprint density at radius 3 is 2.53 bits per heavy atom. The second-order valence-corrected chi connectivity index (χ2v) is 5.15. The molecule has 1 heterocycles. The first-order valence-corrected chi connectivity index (χ1v) is 6.29. The van der Waals surface area contributed by atoms with Crippen molar-refractivity contribution in [1.29, 1.82) is 0 Å². The van der Waals surface area contributed by atoms with E-state index in [4.69, 9.17) is 0 Å². The van der Waals surface area contributed by atoms with Crippen LogP contribution >= 0.6 is 0 Å². The van der Waals surface area contributed by atoms with Crippen molar-refractivity contribution >= 4 is 0 Å². The fourth-order valence-electron chi connectivity index (χ4n) is 3.13. The van der Waals surface area contributed by atoms with Gasteiger partial charge < -0.3 is 10.4 Å². The predicted molar refractivity (Wildman–Crippen MR) is 58.5 cm³/mol. The molecule has 2 fully saturated rings. The van der Waals surface area contributed by atoms with Crippen LogP contribution in [-0.2, 0) is 0 Å². The Morgan fingerprint density at radius 1 is 1.13 bits per heavy atom. The molecule has 0 spiro atoms. The lowest BCUT2D eigenvalue weighted by Crippen LogP contribution is -2.51. The minimum atomic E-state index is -0.347. The van der Waals surface area contributed by atoms with Gasteiger partial charge >= 0.3 is 0 Å². The summed E-state index contributed by atoms with van der Waals surface area (Å²) in [5.74, 6) is 0.669. The fourth-order valence-corrected chi connectivity index (χ4v) is 3.13.